The Bertz CT molecular complexity index is 1230. The van der Waals surface area contributed by atoms with E-state index in [-0.39, 0.29) is 27.4 Å². The van der Waals surface area contributed by atoms with Crippen molar-refractivity contribution in [2.24, 2.45) is 0 Å². The van der Waals surface area contributed by atoms with Gasteiger partial charge in [0.25, 0.3) is 5.56 Å². The zero-order valence-electron chi connectivity index (χ0n) is 16.4. The van der Waals surface area contributed by atoms with Gasteiger partial charge in [-0.3, -0.25) is 14.2 Å². The van der Waals surface area contributed by atoms with Gasteiger partial charge in [0, 0.05) is 20.2 Å². The molecule has 31 heavy (non-hydrogen) atoms. The molecule has 2 N–H and O–H groups in total. The summed E-state index contributed by atoms with van der Waals surface area (Å²) < 4.78 is 28.7. The summed E-state index contributed by atoms with van der Waals surface area (Å²) in [5.41, 5.74) is -0.874. The van der Waals surface area contributed by atoms with Gasteiger partial charge in [-0.05, 0) is 24.3 Å². The number of carbonyl (C=O) groups excluding carboxylic acids is 1. The summed E-state index contributed by atoms with van der Waals surface area (Å²) in [6.07, 6.45) is -1.87. The quantitative estimate of drug-likeness (QED) is 0.621. The van der Waals surface area contributed by atoms with E-state index in [2.05, 4.69) is 10.3 Å². The molecule has 3 aromatic rings. The first kappa shape index (κ1) is 22.2. The number of carboxylic acid groups (broad SMARTS) is 1. The number of benzene rings is 2. The molecule has 2 amide bonds. The van der Waals surface area contributed by atoms with Crippen molar-refractivity contribution in [3.63, 3.8) is 0 Å². The van der Waals surface area contributed by atoms with Gasteiger partial charge in [0.05, 0.1) is 34.1 Å². The molecular formula is C20H17ClF2N4O4. The molecule has 1 atom stereocenters. The van der Waals surface area contributed by atoms with Gasteiger partial charge in [-0.15, -0.1) is 0 Å². The minimum absolute atomic E-state index is 0.0226. The van der Waals surface area contributed by atoms with Crippen LogP contribution in [0.15, 0.2) is 41.2 Å². The second-order valence-corrected chi connectivity index (χ2v) is 7.27. The lowest BCUT2D eigenvalue weighted by Crippen LogP contribution is -2.37. The molecule has 1 unspecified atom stereocenters. The van der Waals surface area contributed by atoms with E-state index in [9.17, 15) is 28.3 Å². The first-order valence-corrected chi connectivity index (χ1v) is 9.33. The molecule has 2 aromatic carbocycles. The van der Waals surface area contributed by atoms with Crippen LogP contribution >= 0.6 is 11.6 Å². The average Bonchev–Trinajstić information content (AvgIpc) is 2.65. The third kappa shape index (κ3) is 4.64. The highest BCUT2D eigenvalue weighted by molar-refractivity contribution is 6.35. The Kier molecular flexibility index (Phi) is 6.21. The highest BCUT2D eigenvalue weighted by Gasteiger charge is 2.27. The van der Waals surface area contributed by atoms with Gasteiger partial charge in [-0.2, -0.15) is 0 Å². The van der Waals surface area contributed by atoms with Crippen molar-refractivity contribution in [1.29, 1.82) is 0 Å². The number of carbonyl (C=O) groups is 2. The maximum atomic E-state index is 13.9. The van der Waals surface area contributed by atoms with Crippen molar-refractivity contribution >= 4 is 34.5 Å². The molecule has 1 aromatic heterocycles. The van der Waals surface area contributed by atoms with Crippen LogP contribution in [0.2, 0.25) is 5.02 Å². The van der Waals surface area contributed by atoms with Crippen molar-refractivity contribution in [3.8, 4) is 5.69 Å². The summed E-state index contributed by atoms with van der Waals surface area (Å²) in [5, 5.41) is 11.5. The molecule has 0 spiro atoms. The number of hydrogen-bond acceptors (Lipinski definition) is 4. The number of rotatable bonds is 5. The number of nitrogens with zero attached hydrogens (tertiary/aromatic N) is 3. The van der Waals surface area contributed by atoms with E-state index < -0.39 is 41.7 Å². The van der Waals surface area contributed by atoms with Gasteiger partial charge in [0.2, 0.25) is 5.91 Å². The Morgan fingerprint density at radius 3 is 2.45 bits per heavy atom. The molecule has 0 saturated carbocycles. The summed E-state index contributed by atoms with van der Waals surface area (Å²) in [5.74, 6) is -2.60. The fourth-order valence-electron chi connectivity index (χ4n) is 3.07. The molecule has 1 heterocycles. The lowest BCUT2D eigenvalue weighted by atomic mass is 10.1. The van der Waals surface area contributed by atoms with Crippen LogP contribution in [0.1, 0.15) is 18.3 Å². The van der Waals surface area contributed by atoms with Crippen LogP contribution in [0.3, 0.4) is 0 Å². The summed E-state index contributed by atoms with van der Waals surface area (Å²) in [7, 11) is 2.95. The largest absolute Gasteiger partial charge is 0.465 e. The van der Waals surface area contributed by atoms with Gasteiger partial charge in [-0.25, -0.2) is 18.6 Å². The van der Waals surface area contributed by atoms with E-state index in [1.165, 1.54) is 37.2 Å². The number of hydrogen-bond donors (Lipinski definition) is 2. The van der Waals surface area contributed by atoms with Gasteiger partial charge in [0.15, 0.2) is 0 Å². The molecule has 0 radical (unpaired) electrons. The molecular weight excluding hydrogens is 434 g/mol. The van der Waals surface area contributed by atoms with E-state index in [1.807, 2.05) is 0 Å². The maximum absolute atomic E-state index is 13.9. The number of amides is 2. The van der Waals surface area contributed by atoms with E-state index in [0.29, 0.717) is 6.07 Å². The number of halogens is 3. The number of nitrogens with one attached hydrogen (secondary N) is 1. The molecule has 0 aliphatic rings. The van der Waals surface area contributed by atoms with Gasteiger partial charge < -0.3 is 15.3 Å². The van der Waals surface area contributed by atoms with Crippen molar-refractivity contribution in [2.75, 3.05) is 14.1 Å². The van der Waals surface area contributed by atoms with E-state index >= 15 is 0 Å². The lowest BCUT2D eigenvalue weighted by molar-refractivity contribution is -0.129. The fraction of sp³-hybridized carbons (Fsp3) is 0.200. The third-order valence-corrected chi connectivity index (χ3v) is 4.78. The lowest BCUT2D eigenvalue weighted by Gasteiger charge is -2.22. The van der Waals surface area contributed by atoms with E-state index in [4.69, 9.17) is 11.6 Å². The molecule has 0 aliphatic carbocycles. The summed E-state index contributed by atoms with van der Waals surface area (Å²) in [6, 6.07) is 5.58. The number of aromatic nitrogens is 2. The standard InChI is InChI=1S/C20H17ClF2N4O4/c1-26(2)16(28)9-15(25-20(30)31)18-24-14-5-3-4-13(21)17(14)19(29)27(18)12-7-10(22)6-11(23)8-12/h3-8,15,25H,9H2,1-2H3,(H,30,31). The molecule has 0 fully saturated rings. The van der Waals surface area contributed by atoms with Crippen LogP contribution in [0, 0.1) is 11.6 Å². The zero-order valence-corrected chi connectivity index (χ0v) is 17.2. The van der Waals surface area contributed by atoms with Gasteiger partial charge >= 0.3 is 6.09 Å². The van der Waals surface area contributed by atoms with Crippen LogP contribution in [0.25, 0.3) is 16.6 Å². The van der Waals surface area contributed by atoms with Crippen molar-refractivity contribution in [1.82, 2.24) is 19.8 Å². The molecule has 3 rings (SSSR count). The van der Waals surface area contributed by atoms with E-state index in [0.717, 1.165) is 16.7 Å². The van der Waals surface area contributed by atoms with Gasteiger partial charge in [0.1, 0.15) is 17.5 Å². The average molecular weight is 451 g/mol. The Balaban J connectivity index is 2.38. The maximum Gasteiger partial charge on any atom is 0.405 e. The van der Waals surface area contributed by atoms with Crippen molar-refractivity contribution in [2.45, 2.75) is 12.5 Å². The third-order valence-electron chi connectivity index (χ3n) is 4.47. The molecule has 8 nitrogen and oxygen atoms in total. The predicted octanol–water partition coefficient (Wildman–Crippen LogP) is 3.10. The van der Waals surface area contributed by atoms with Crippen molar-refractivity contribution in [3.05, 3.63) is 69.2 Å². The normalized spacial score (nSPS) is 11.9. The minimum atomic E-state index is -1.48. The molecule has 0 saturated heterocycles. The fourth-order valence-corrected chi connectivity index (χ4v) is 3.32. The van der Waals surface area contributed by atoms with E-state index in [1.54, 1.807) is 0 Å². The first-order valence-electron chi connectivity index (χ1n) is 8.95. The SMILES string of the molecule is CN(C)C(=O)CC(NC(=O)O)c1nc2cccc(Cl)c2c(=O)n1-c1cc(F)cc(F)c1. The molecule has 162 valence electrons. The second kappa shape index (κ2) is 8.68. The molecule has 0 aliphatic heterocycles. The van der Waals surface area contributed by atoms with Crippen LogP contribution in [-0.2, 0) is 4.79 Å². The smallest absolute Gasteiger partial charge is 0.405 e. The summed E-state index contributed by atoms with van der Waals surface area (Å²) >= 11 is 6.15. The Morgan fingerprint density at radius 2 is 1.87 bits per heavy atom. The Hall–Kier alpha value is -3.53. The second-order valence-electron chi connectivity index (χ2n) is 6.87. The Labute approximate surface area is 179 Å². The summed E-state index contributed by atoms with van der Waals surface area (Å²) in [6.45, 7) is 0. The zero-order chi connectivity index (χ0) is 22.9. The summed E-state index contributed by atoms with van der Waals surface area (Å²) in [4.78, 5) is 42.6. The minimum Gasteiger partial charge on any atom is -0.465 e. The van der Waals surface area contributed by atoms with Crippen LogP contribution in [0.4, 0.5) is 13.6 Å². The molecule has 0 bridgehead atoms. The number of fused-ring (bicyclic) bond motifs is 1. The van der Waals surface area contributed by atoms with Crippen LogP contribution < -0.4 is 10.9 Å². The molecule has 11 heteroatoms. The van der Waals surface area contributed by atoms with Gasteiger partial charge in [-0.1, -0.05) is 17.7 Å². The Morgan fingerprint density at radius 1 is 1.23 bits per heavy atom. The predicted molar refractivity (Wildman–Crippen MR) is 109 cm³/mol. The highest BCUT2D eigenvalue weighted by atomic mass is 35.5. The monoisotopic (exact) mass is 450 g/mol. The van der Waals surface area contributed by atoms with Crippen molar-refractivity contribution < 1.29 is 23.5 Å². The van der Waals surface area contributed by atoms with Crippen LogP contribution in [0.5, 0.6) is 0 Å². The topological polar surface area (TPSA) is 105 Å². The van der Waals surface area contributed by atoms with Crippen LogP contribution in [-0.4, -0.2) is 45.7 Å². The first-order chi connectivity index (χ1) is 14.6. The highest BCUT2D eigenvalue weighted by Crippen LogP contribution is 2.25.